The summed E-state index contributed by atoms with van der Waals surface area (Å²) in [5, 5.41) is 13.0. The van der Waals surface area contributed by atoms with Crippen LogP contribution in [0.1, 0.15) is 65.1 Å². The number of fused-ring (bicyclic) bond motifs is 1. The zero-order chi connectivity index (χ0) is 32.1. The van der Waals surface area contributed by atoms with Crippen LogP contribution in [0.4, 0.5) is 0 Å². The minimum atomic E-state index is -4.16. The molecule has 0 fully saturated rings. The lowest BCUT2D eigenvalue weighted by Crippen LogP contribution is -2.56. The first kappa shape index (κ1) is 33.6. The molecule has 234 valence electrons. The highest BCUT2D eigenvalue weighted by molar-refractivity contribution is 7.92. The Kier molecular flexibility index (Phi) is 10.6. The minimum Gasteiger partial charge on any atom is -0.491 e. The second kappa shape index (κ2) is 13.6. The number of nitrogens with one attached hydrogen (secondary N) is 1. The molecule has 0 bridgehead atoms. The van der Waals surface area contributed by atoms with E-state index in [0.29, 0.717) is 0 Å². The standard InChI is InChI=1S/C31H40N2O9S/c1-19(2)14-25(30(37)38)33(29(36)24(32-20(3)34)15-21-10-8-7-9-11-21)26-17-41-27-13-12-22(16-23(26)27)43(39,40)18-28(35)42-31(4,5)6/h7-13,16,19,24-26H,14-15,17-18H2,1-6H3,(H,32,34)(H,37,38)/t24?,25-,26+/m0/s1. The van der Waals surface area contributed by atoms with Gasteiger partial charge in [-0.2, -0.15) is 0 Å². The zero-order valence-electron chi connectivity index (χ0n) is 25.3. The Hall–Kier alpha value is -3.93. The van der Waals surface area contributed by atoms with Crippen molar-refractivity contribution in [1.29, 1.82) is 0 Å². The topological polar surface area (TPSA) is 156 Å². The van der Waals surface area contributed by atoms with Crippen molar-refractivity contribution in [3.8, 4) is 5.75 Å². The molecule has 2 N–H and O–H groups in total. The highest BCUT2D eigenvalue weighted by atomic mass is 32.2. The number of carbonyl (C=O) groups excluding carboxylic acids is 3. The van der Waals surface area contributed by atoms with Crippen molar-refractivity contribution in [2.24, 2.45) is 5.92 Å². The van der Waals surface area contributed by atoms with Gasteiger partial charge in [0.05, 0.1) is 10.9 Å². The molecule has 1 heterocycles. The average Bonchev–Trinajstić information content (AvgIpc) is 3.29. The summed E-state index contributed by atoms with van der Waals surface area (Å²) in [6.07, 6.45) is 0.205. The lowest BCUT2D eigenvalue weighted by atomic mass is 9.96. The van der Waals surface area contributed by atoms with Gasteiger partial charge >= 0.3 is 11.9 Å². The molecule has 2 amide bonds. The lowest BCUT2D eigenvalue weighted by Gasteiger charge is -2.37. The summed E-state index contributed by atoms with van der Waals surface area (Å²) in [7, 11) is -4.16. The van der Waals surface area contributed by atoms with Crippen molar-refractivity contribution in [1.82, 2.24) is 10.2 Å². The highest BCUT2D eigenvalue weighted by Gasteiger charge is 2.43. The van der Waals surface area contributed by atoms with Crippen LogP contribution < -0.4 is 10.1 Å². The number of hydrogen-bond donors (Lipinski definition) is 2. The van der Waals surface area contributed by atoms with E-state index >= 15 is 0 Å². The Morgan fingerprint density at radius 2 is 1.74 bits per heavy atom. The van der Waals surface area contributed by atoms with Crippen LogP contribution in [0.2, 0.25) is 0 Å². The molecule has 2 aromatic rings. The predicted octanol–water partition coefficient (Wildman–Crippen LogP) is 3.31. The molecule has 0 saturated heterocycles. The van der Waals surface area contributed by atoms with Gasteiger partial charge in [0.1, 0.15) is 30.0 Å². The van der Waals surface area contributed by atoms with E-state index in [4.69, 9.17) is 9.47 Å². The van der Waals surface area contributed by atoms with E-state index in [1.807, 2.05) is 19.9 Å². The van der Waals surface area contributed by atoms with Crippen molar-refractivity contribution >= 4 is 33.6 Å². The molecule has 3 rings (SSSR count). The van der Waals surface area contributed by atoms with Crippen molar-refractivity contribution < 1.29 is 42.2 Å². The van der Waals surface area contributed by atoms with E-state index in [0.717, 1.165) is 5.56 Å². The van der Waals surface area contributed by atoms with E-state index in [9.17, 15) is 32.7 Å². The van der Waals surface area contributed by atoms with Gasteiger partial charge in [-0.25, -0.2) is 13.2 Å². The van der Waals surface area contributed by atoms with Crippen LogP contribution in [-0.4, -0.2) is 72.2 Å². The largest absolute Gasteiger partial charge is 0.491 e. The third-order valence-corrected chi connectivity index (χ3v) is 8.28. The Balaban J connectivity index is 2.08. The fourth-order valence-electron chi connectivity index (χ4n) is 4.99. The summed E-state index contributed by atoms with van der Waals surface area (Å²) in [5.74, 6) is -4.01. The van der Waals surface area contributed by atoms with Crippen LogP contribution >= 0.6 is 0 Å². The number of amides is 2. The summed E-state index contributed by atoms with van der Waals surface area (Å²) >= 11 is 0. The van der Waals surface area contributed by atoms with Gasteiger partial charge in [-0.15, -0.1) is 0 Å². The molecule has 1 aliphatic heterocycles. The van der Waals surface area contributed by atoms with Gasteiger partial charge in [0.25, 0.3) is 0 Å². The first-order valence-electron chi connectivity index (χ1n) is 14.1. The molecule has 12 heteroatoms. The maximum atomic E-state index is 14.3. The summed E-state index contributed by atoms with van der Waals surface area (Å²) < 4.78 is 37.4. The molecule has 43 heavy (non-hydrogen) atoms. The van der Waals surface area contributed by atoms with Crippen molar-refractivity contribution in [2.45, 2.75) is 83.0 Å². The number of nitrogens with zero attached hydrogens (tertiary/aromatic N) is 1. The monoisotopic (exact) mass is 616 g/mol. The van der Waals surface area contributed by atoms with Crippen LogP contribution in [-0.2, 0) is 40.2 Å². The maximum Gasteiger partial charge on any atom is 0.326 e. The molecule has 3 atom stereocenters. The number of ether oxygens (including phenoxy) is 2. The third-order valence-electron chi connectivity index (χ3n) is 6.69. The quantitative estimate of drug-likeness (QED) is 0.342. The van der Waals surface area contributed by atoms with Gasteiger partial charge in [-0.05, 0) is 56.9 Å². The first-order valence-corrected chi connectivity index (χ1v) is 15.7. The van der Waals surface area contributed by atoms with Gasteiger partial charge in [-0.3, -0.25) is 14.4 Å². The van der Waals surface area contributed by atoms with E-state index in [1.165, 1.54) is 30.0 Å². The summed E-state index contributed by atoms with van der Waals surface area (Å²) in [6.45, 7) is 9.68. The van der Waals surface area contributed by atoms with Crippen LogP contribution in [0.3, 0.4) is 0 Å². The van der Waals surface area contributed by atoms with Crippen LogP contribution in [0.5, 0.6) is 5.75 Å². The maximum absolute atomic E-state index is 14.3. The van der Waals surface area contributed by atoms with E-state index in [2.05, 4.69) is 5.32 Å². The molecule has 1 unspecified atom stereocenters. The fourth-order valence-corrected chi connectivity index (χ4v) is 6.11. The summed E-state index contributed by atoms with van der Waals surface area (Å²) in [5.41, 5.74) is 0.162. The van der Waals surface area contributed by atoms with E-state index in [-0.39, 0.29) is 41.6 Å². The van der Waals surface area contributed by atoms with Gasteiger partial charge in [0.2, 0.25) is 11.8 Å². The van der Waals surface area contributed by atoms with E-state index in [1.54, 1.807) is 45.0 Å². The second-order valence-corrected chi connectivity index (χ2v) is 14.0. The predicted molar refractivity (Wildman–Crippen MR) is 158 cm³/mol. The van der Waals surface area contributed by atoms with E-state index < -0.39 is 63.1 Å². The Labute approximate surface area is 252 Å². The Morgan fingerprint density at radius 3 is 2.30 bits per heavy atom. The Morgan fingerprint density at radius 1 is 1.09 bits per heavy atom. The first-order chi connectivity index (χ1) is 20.0. The van der Waals surface area contributed by atoms with Crippen molar-refractivity contribution in [3.05, 3.63) is 59.7 Å². The number of carboxylic acids is 1. The number of carboxylic acid groups (broad SMARTS) is 1. The fraction of sp³-hybridized carbons (Fsp3) is 0.484. The number of rotatable bonds is 12. The number of aliphatic carboxylic acids is 1. The molecule has 11 nitrogen and oxygen atoms in total. The van der Waals surface area contributed by atoms with Gasteiger partial charge in [0.15, 0.2) is 15.6 Å². The molecule has 0 radical (unpaired) electrons. The van der Waals surface area contributed by atoms with Crippen molar-refractivity contribution in [3.63, 3.8) is 0 Å². The lowest BCUT2D eigenvalue weighted by molar-refractivity contribution is -0.155. The molecular weight excluding hydrogens is 576 g/mol. The van der Waals surface area contributed by atoms with Gasteiger partial charge in [0, 0.05) is 18.9 Å². The second-order valence-electron chi connectivity index (χ2n) is 12.0. The molecule has 0 spiro atoms. The molecule has 1 aliphatic rings. The molecule has 0 aromatic heterocycles. The summed E-state index contributed by atoms with van der Waals surface area (Å²) in [4.78, 5) is 52.4. The summed E-state index contributed by atoms with van der Waals surface area (Å²) in [6, 6.07) is 9.64. The third kappa shape index (κ3) is 9.03. The number of sulfone groups is 1. The SMILES string of the molecule is CC(=O)NC(Cc1ccccc1)C(=O)N([C@@H]1COc2ccc(S(=O)(=O)CC(=O)OC(C)(C)C)cc21)[C@@H](CC(C)C)C(=O)O. The smallest absolute Gasteiger partial charge is 0.326 e. The number of benzene rings is 2. The number of esters is 1. The molecule has 2 aromatic carbocycles. The number of carbonyl (C=O) groups is 4. The Bertz CT molecular complexity index is 1450. The van der Waals surface area contributed by atoms with Gasteiger partial charge in [-0.1, -0.05) is 44.2 Å². The highest BCUT2D eigenvalue weighted by Crippen LogP contribution is 2.40. The van der Waals surface area contributed by atoms with Crippen molar-refractivity contribution in [2.75, 3.05) is 12.4 Å². The molecule has 0 aliphatic carbocycles. The molecule has 0 saturated carbocycles. The van der Waals surface area contributed by atoms with Crippen LogP contribution in [0.15, 0.2) is 53.4 Å². The molecular formula is C31H40N2O9S. The van der Waals surface area contributed by atoms with Crippen LogP contribution in [0.25, 0.3) is 0 Å². The van der Waals surface area contributed by atoms with Gasteiger partial charge < -0.3 is 24.8 Å². The van der Waals surface area contributed by atoms with Crippen LogP contribution in [0, 0.1) is 5.92 Å². The minimum absolute atomic E-state index is 0.0989. The number of hydrogen-bond acceptors (Lipinski definition) is 8. The zero-order valence-corrected chi connectivity index (χ0v) is 26.1. The average molecular weight is 617 g/mol. The normalized spacial score (nSPS) is 16.0.